The number of halogens is 1. The smallest absolute Gasteiger partial charge is 0.262 e. The molecule has 4 aromatic carbocycles. The first kappa shape index (κ1) is 36.1. The van der Waals surface area contributed by atoms with Crippen LogP contribution in [0.1, 0.15) is 33.6 Å². The molecule has 5 aromatic rings. The predicted molar refractivity (Wildman–Crippen MR) is 199 cm³/mol. The Labute approximate surface area is 316 Å². The number of benzene rings is 4. The second-order valence-corrected chi connectivity index (χ2v) is 14.1. The van der Waals surface area contributed by atoms with E-state index in [0.717, 1.165) is 35.6 Å². The molecule has 2 aliphatic heterocycles. The first-order valence-corrected chi connectivity index (χ1v) is 18.4. The van der Waals surface area contributed by atoms with Gasteiger partial charge in [-0.1, -0.05) is 28.1 Å². The average Bonchev–Trinajstić information content (AvgIpc) is 3.62. The van der Waals surface area contributed by atoms with Crippen LogP contribution in [0.2, 0.25) is 0 Å². The first-order valence-electron chi connectivity index (χ1n) is 16.8. The molecule has 1 saturated heterocycles. The van der Waals surface area contributed by atoms with Crippen LogP contribution in [0.4, 0.5) is 0 Å². The summed E-state index contributed by atoms with van der Waals surface area (Å²) in [5.41, 5.74) is 1.35. The fourth-order valence-corrected chi connectivity index (χ4v) is 7.41. The van der Waals surface area contributed by atoms with Gasteiger partial charge in [-0.3, -0.25) is 29.4 Å². The number of nitrogens with one attached hydrogen (secondary N) is 1. The Hall–Kier alpha value is -5.28. The minimum absolute atomic E-state index is 0.0573. The molecule has 1 aromatic heterocycles. The number of carbonyl (C=O) groups excluding carboxylic acids is 4. The highest BCUT2D eigenvalue weighted by Gasteiger charge is 2.44. The van der Waals surface area contributed by atoms with Crippen LogP contribution >= 0.6 is 27.3 Å². The lowest BCUT2D eigenvalue weighted by Gasteiger charge is -2.27. The first-order chi connectivity index (χ1) is 25.7. The number of piperidine rings is 1. The summed E-state index contributed by atoms with van der Waals surface area (Å²) < 4.78 is 31.0. The molecular weight excluding hydrogens is 768 g/mol. The van der Waals surface area contributed by atoms with Crippen molar-refractivity contribution in [1.29, 1.82) is 0 Å². The van der Waals surface area contributed by atoms with Crippen LogP contribution in [0.25, 0.3) is 20.5 Å². The van der Waals surface area contributed by atoms with Crippen molar-refractivity contribution in [3.8, 4) is 39.2 Å². The zero-order chi connectivity index (χ0) is 36.9. The molecule has 14 heteroatoms. The van der Waals surface area contributed by atoms with Crippen molar-refractivity contribution >= 4 is 61.0 Å². The standard InChI is InChI=1S/C39H33BrN2O10S/c40-24-3-1-23(2-4-24)36-35(30-11-5-25(43)21-33(30)53-36)52-27-8-6-26(7-9-27)50-19-17-48-15-16-49-18-20-51-28-10-12-29-31(22-28)39(47)42(38(29)46)32-13-14-34(44)41-37(32)45/h1-12,21-22,32,43H,13-20H2,(H,41,44,45). The summed E-state index contributed by atoms with van der Waals surface area (Å²) >= 11 is 5.05. The van der Waals surface area contributed by atoms with Gasteiger partial charge in [0.2, 0.25) is 11.8 Å². The van der Waals surface area contributed by atoms with Gasteiger partial charge in [-0.25, -0.2) is 0 Å². The minimum Gasteiger partial charge on any atom is -0.508 e. The third-order valence-corrected chi connectivity index (χ3v) is 10.3. The molecule has 0 saturated carbocycles. The van der Waals surface area contributed by atoms with Gasteiger partial charge >= 0.3 is 0 Å². The number of rotatable bonds is 15. The molecule has 3 heterocycles. The van der Waals surface area contributed by atoms with Crippen molar-refractivity contribution < 1.29 is 48.0 Å². The Kier molecular flexibility index (Phi) is 11.0. The molecule has 272 valence electrons. The van der Waals surface area contributed by atoms with Gasteiger partial charge in [0.25, 0.3) is 11.8 Å². The maximum atomic E-state index is 13.0. The molecule has 12 nitrogen and oxygen atoms in total. The quantitative estimate of drug-likeness (QED) is 0.0863. The zero-order valence-electron chi connectivity index (χ0n) is 28.2. The third kappa shape index (κ3) is 8.20. The van der Waals surface area contributed by atoms with Crippen LogP contribution in [0, 0.1) is 0 Å². The highest BCUT2D eigenvalue weighted by molar-refractivity contribution is 9.10. The van der Waals surface area contributed by atoms with Gasteiger partial charge in [0, 0.05) is 21.0 Å². The van der Waals surface area contributed by atoms with E-state index in [4.69, 9.17) is 23.7 Å². The van der Waals surface area contributed by atoms with Gasteiger partial charge in [-0.2, -0.15) is 0 Å². The topological polar surface area (TPSA) is 150 Å². The van der Waals surface area contributed by atoms with E-state index in [2.05, 4.69) is 21.2 Å². The van der Waals surface area contributed by atoms with Crippen molar-refractivity contribution in [1.82, 2.24) is 10.2 Å². The summed E-state index contributed by atoms with van der Waals surface area (Å²) in [6.07, 6.45) is 0.151. The van der Waals surface area contributed by atoms with E-state index in [9.17, 15) is 24.3 Å². The van der Waals surface area contributed by atoms with Crippen molar-refractivity contribution in [2.45, 2.75) is 18.9 Å². The Morgan fingerprint density at radius 1 is 0.736 bits per heavy atom. The predicted octanol–water partition coefficient (Wildman–Crippen LogP) is 6.72. The number of fused-ring (bicyclic) bond motifs is 2. The second kappa shape index (κ2) is 16.2. The fourth-order valence-electron chi connectivity index (χ4n) is 5.97. The van der Waals surface area contributed by atoms with E-state index in [1.807, 2.05) is 54.6 Å². The van der Waals surface area contributed by atoms with Crippen molar-refractivity contribution in [3.05, 3.63) is 101 Å². The van der Waals surface area contributed by atoms with Gasteiger partial charge in [0.15, 0.2) is 5.75 Å². The molecule has 4 amide bonds. The van der Waals surface area contributed by atoms with E-state index < -0.39 is 29.7 Å². The summed E-state index contributed by atoms with van der Waals surface area (Å²) in [4.78, 5) is 51.4. The van der Waals surface area contributed by atoms with Gasteiger partial charge in [0.1, 0.15) is 42.3 Å². The van der Waals surface area contributed by atoms with E-state index in [1.165, 1.54) is 12.1 Å². The molecular formula is C39H33BrN2O10S. The molecule has 0 spiro atoms. The van der Waals surface area contributed by atoms with Crippen molar-refractivity contribution in [2.24, 2.45) is 0 Å². The molecule has 7 rings (SSSR count). The fraction of sp³-hybridized carbons (Fsp3) is 0.231. The van der Waals surface area contributed by atoms with Gasteiger partial charge in [0.05, 0.1) is 42.4 Å². The maximum Gasteiger partial charge on any atom is 0.262 e. The number of phenolic OH excluding ortho intramolecular Hbond substituents is 1. The number of carbonyl (C=O) groups is 4. The SMILES string of the molecule is O=C1CCC(N2C(=O)c3ccc(OCCOCCOCCOc4ccc(Oc5c(-c6ccc(Br)cc6)sc6cc(O)ccc56)cc4)cc3C2=O)C(=O)N1. The Bertz CT molecular complexity index is 2170. The van der Waals surface area contributed by atoms with Crippen molar-refractivity contribution in [2.75, 3.05) is 39.6 Å². The van der Waals surface area contributed by atoms with Crippen LogP contribution in [0.15, 0.2) is 89.4 Å². The Balaban J connectivity index is 0.805. The number of hydrogen-bond donors (Lipinski definition) is 2. The number of thiophene rings is 1. The van der Waals surface area contributed by atoms with Gasteiger partial charge in [-0.15, -0.1) is 11.3 Å². The zero-order valence-corrected chi connectivity index (χ0v) is 30.6. The summed E-state index contributed by atoms with van der Waals surface area (Å²) in [6.45, 7) is 1.88. The van der Waals surface area contributed by atoms with Crippen molar-refractivity contribution in [3.63, 3.8) is 0 Å². The Morgan fingerprint density at radius 3 is 2.09 bits per heavy atom. The average molecular weight is 802 g/mol. The number of amides is 4. The number of imide groups is 2. The normalized spacial score (nSPS) is 15.5. The number of nitrogens with zero attached hydrogens (tertiary/aromatic N) is 1. The molecule has 0 bridgehead atoms. The highest BCUT2D eigenvalue weighted by Crippen LogP contribution is 2.47. The monoisotopic (exact) mass is 800 g/mol. The molecule has 2 aliphatic rings. The van der Waals surface area contributed by atoms with Gasteiger partial charge in [-0.05, 0) is 84.8 Å². The van der Waals surface area contributed by atoms with E-state index in [-0.39, 0.29) is 42.9 Å². The number of aromatic hydroxyl groups is 1. The van der Waals surface area contributed by atoms with Crippen LogP contribution in [0.3, 0.4) is 0 Å². The summed E-state index contributed by atoms with van der Waals surface area (Å²) in [6, 6.07) is 24.2. The lowest BCUT2D eigenvalue weighted by Crippen LogP contribution is -2.54. The molecule has 1 atom stereocenters. The van der Waals surface area contributed by atoms with Crippen LogP contribution in [-0.2, 0) is 19.1 Å². The summed E-state index contributed by atoms with van der Waals surface area (Å²) in [7, 11) is 0. The number of ether oxygens (including phenoxy) is 5. The van der Waals surface area contributed by atoms with Crippen LogP contribution in [-0.4, -0.2) is 79.3 Å². The number of phenols is 1. The lowest BCUT2D eigenvalue weighted by molar-refractivity contribution is -0.136. The van der Waals surface area contributed by atoms with E-state index >= 15 is 0 Å². The minimum atomic E-state index is -1.02. The highest BCUT2D eigenvalue weighted by atomic mass is 79.9. The lowest BCUT2D eigenvalue weighted by atomic mass is 10.0. The summed E-state index contributed by atoms with van der Waals surface area (Å²) in [5, 5.41) is 13.1. The van der Waals surface area contributed by atoms with Crippen LogP contribution < -0.4 is 19.5 Å². The maximum absolute atomic E-state index is 13.0. The van der Waals surface area contributed by atoms with Crippen LogP contribution in [0.5, 0.6) is 28.7 Å². The van der Waals surface area contributed by atoms with E-state index in [0.29, 0.717) is 43.7 Å². The molecule has 0 radical (unpaired) electrons. The Morgan fingerprint density at radius 2 is 1.38 bits per heavy atom. The molecule has 1 unspecified atom stereocenters. The summed E-state index contributed by atoms with van der Waals surface area (Å²) in [5.74, 6) is 0.393. The second-order valence-electron chi connectivity index (χ2n) is 12.1. The molecule has 53 heavy (non-hydrogen) atoms. The van der Waals surface area contributed by atoms with E-state index in [1.54, 1.807) is 29.5 Å². The third-order valence-electron chi connectivity index (χ3n) is 8.55. The largest absolute Gasteiger partial charge is 0.508 e. The molecule has 1 fully saturated rings. The molecule has 0 aliphatic carbocycles. The number of hydrogen-bond acceptors (Lipinski definition) is 11. The van der Waals surface area contributed by atoms with Gasteiger partial charge < -0.3 is 28.8 Å². The molecule has 2 N–H and O–H groups in total.